The molecule has 2 aromatic heterocycles. The van der Waals surface area contributed by atoms with Gasteiger partial charge in [-0.2, -0.15) is 9.97 Å². The normalized spacial score (nSPS) is 27.4. The van der Waals surface area contributed by atoms with E-state index in [9.17, 15) is 0 Å². The smallest absolute Gasteiger partial charge is 0.240 e. The average Bonchev–Trinajstić information content (AvgIpc) is 3.08. The predicted molar refractivity (Wildman–Crippen MR) is 100 cm³/mol. The van der Waals surface area contributed by atoms with E-state index < -0.39 is 0 Å². The highest BCUT2D eigenvalue weighted by atomic mass is 16.5. The van der Waals surface area contributed by atoms with Gasteiger partial charge in [-0.3, -0.25) is 4.90 Å². The molecule has 3 aromatic rings. The van der Waals surface area contributed by atoms with Crippen molar-refractivity contribution in [3.8, 4) is 11.4 Å². The topological polar surface area (TPSA) is 81.1 Å². The molecule has 3 fully saturated rings. The first-order valence-corrected chi connectivity index (χ1v) is 10.2. The van der Waals surface area contributed by atoms with Crippen molar-refractivity contribution >= 4 is 0 Å². The molecule has 0 radical (unpaired) electrons. The minimum atomic E-state index is -0.0423. The second-order valence-electron chi connectivity index (χ2n) is 8.52. The monoisotopic (exact) mass is 377 g/mol. The lowest BCUT2D eigenvalue weighted by Gasteiger charge is -2.24. The summed E-state index contributed by atoms with van der Waals surface area (Å²) in [5, 5.41) is 8.43. The molecule has 1 aliphatic heterocycles. The van der Waals surface area contributed by atoms with Gasteiger partial charge in [0.2, 0.25) is 17.6 Å². The maximum absolute atomic E-state index is 5.81. The number of fused-ring (bicyclic) bond motifs is 1. The average molecular weight is 377 g/mol. The van der Waals surface area contributed by atoms with Crippen LogP contribution in [0.25, 0.3) is 11.4 Å². The molecule has 3 heterocycles. The van der Waals surface area contributed by atoms with Crippen molar-refractivity contribution in [3.05, 3.63) is 47.9 Å². The Hall–Kier alpha value is -2.54. The molecule has 7 nitrogen and oxygen atoms in total. The van der Waals surface area contributed by atoms with Crippen molar-refractivity contribution in [1.82, 2.24) is 25.2 Å². The molecular weight excluding hydrogens is 354 g/mol. The lowest BCUT2D eigenvalue weighted by molar-refractivity contribution is 0.228. The van der Waals surface area contributed by atoms with Crippen molar-refractivity contribution in [1.29, 1.82) is 0 Å². The molecule has 7 heteroatoms. The molecule has 2 saturated carbocycles. The number of hydrogen-bond donors (Lipinski definition) is 0. The van der Waals surface area contributed by atoms with Gasteiger partial charge in [-0.25, -0.2) is 0 Å². The molecule has 0 spiro atoms. The SMILES string of the molecule is c1ccc(-c2noc([C@@]34CCC[C@@H]3CN(Cc3nc(C5CC5)no3)C4)n2)cc1. The number of likely N-dealkylation sites (tertiary alicyclic amines) is 1. The molecule has 144 valence electrons. The van der Waals surface area contributed by atoms with Gasteiger partial charge in [0.1, 0.15) is 0 Å². The van der Waals surface area contributed by atoms with Crippen LogP contribution in [0, 0.1) is 5.92 Å². The van der Waals surface area contributed by atoms with Crippen molar-refractivity contribution in [2.75, 3.05) is 13.1 Å². The molecule has 1 aromatic carbocycles. The predicted octanol–water partition coefficient (Wildman–Crippen LogP) is 3.55. The van der Waals surface area contributed by atoms with Crippen LogP contribution in [-0.2, 0) is 12.0 Å². The molecule has 0 bridgehead atoms. The number of aromatic nitrogens is 4. The molecule has 1 saturated heterocycles. The highest BCUT2D eigenvalue weighted by Crippen LogP contribution is 2.50. The van der Waals surface area contributed by atoms with Gasteiger partial charge >= 0.3 is 0 Å². The van der Waals surface area contributed by atoms with Crippen LogP contribution in [0.15, 0.2) is 39.4 Å². The molecule has 0 unspecified atom stereocenters. The Bertz CT molecular complexity index is 980. The molecule has 2 atom stereocenters. The van der Waals surface area contributed by atoms with Crippen molar-refractivity contribution in [3.63, 3.8) is 0 Å². The summed E-state index contributed by atoms with van der Waals surface area (Å²) in [6, 6.07) is 10.0. The van der Waals surface area contributed by atoms with Crippen LogP contribution in [0.4, 0.5) is 0 Å². The van der Waals surface area contributed by atoms with E-state index in [2.05, 4.69) is 20.2 Å². The lowest BCUT2D eigenvalue weighted by Crippen LogP contribution is -2.32. The van der Waals surface area contributed by atoms with Crippen molar-refractivity contribution in [2.24, 2.45) is 5.92 Å². The van der Waals surface area contributed by atoms with Crippen LogP contribution >= 0.6 is 0 Å². The Balaban J connectivity index is 1.24. The number of nitrogens with zero attached hydrogens (tertiary/aromatic N) is 5. The van der Waals surface area contributed by atoms with E-state index in [1.807, 2.05) is 30.3 Å². The zero-order valence-corrected chi connectivity index (χ0v) is 15.8. The Labute approximate surface area is 163 Å². The van der Waals surface area contributed by atoms with Crippen LogP contribution in [0.1, 0.15) is 55.6 Å². The van der Waals surface area contributed by atoms with Crippen molar-refractivity contribution in [2.45, 2.75) is 50.0 Å². The van der Waals surface area contributed by atoms with Gasteiger partial charge in [0.15, 0.2) is 5.82 Å². The van der Waals surface area contributed by atoms with Gasteiger partial charge in [-0.1, -0.05) is 47.1 Å². The van der Waals surface area contributed by atoms with E-state index in [4.69, 9.17) is 14.0 Å². The number of rotatable bonds is 5. The fourth-order valence-electron chi connectivity index (χ4n) is 5.02. The summed E-state index contributed by atoms with van der Waals surface area (Å²) in [6.45, 7) is 2.64. The summed E-state index contributed by atoms with van der Waals surface area (Å²) in [5.74, 6) is 4.15. The first-order chi connectivity index (χ1) is 13.8. The van der Waals surface area contributed by atoms with E-state index in [-0.39, 0.29) is 5.41 Å². The van der Waals surface area contributed by atoms with E-state index in [1.165, 1.54) is 25.7 Å². The third kappa shape index (κ3) is 2.68. The molecule has 3 aliphatic rings. The summed E-state index contributed by atoms with van der Waals surface area (Å²) < 4.78 is 11.3. The summed E-state index contributed by atoms with van der Waals surface area (Å²) in [6.07, 6.45) is 5.90. The molecule has 28 heavy (non-hydrogen) atoms. The van der Waals surface area contributed by atoms with Crippen LogP contribution < -0.4 is 0 Å². The Morgan fingerprint density at radius 1 is 1.04 bits per heavy atom. The first-order valence-electron chi connectivity index (χ1n) is 10.2. The van der Waals surface area contributed by atoms with Crippen LogP contribution in [0.2, 0.25) is 0 Å². The first kappa shape index (κ1) is 16.4. The van der Waals surface area contributed by atoms with E-state index in [1.54, 1.807) is 0 Å². The third-order valence-corrected chi connectivity index (χ3v) is 6.61. The second kappa shape index (κ2) is 6.24. The molecule has 6 rings (SSSR count). The van der Waals surface area contributed by atoms with E-state index in [0.717, 1.165) is 42.7 Å². The van der Waals surface area contributed by atoms with Crippen LogP contribution in [0.3, 0.4) is 0 Å². The van der Waals surface area contributed by atoms with E-state index >= 15 is 0 Å². The van der Waals surface area contributed by atoms with Crippen molar-refractivity contribution < 1.29 is 9.05 Å². The van der Waals surface area contributed by atoms with Gasteiger partial charge < -0.3 is 9.05 Å². The summed E-state index contributed by atoms with van der Waals surface area (Å²) in [4.78, 5) is 11.8. The fourth-order valence-corrected chi connectivity index (χ4v) is 5.02. The van der Waals surface area contributed by atoms with E-state index in [0.29, 0.717) is 24.2 Å². The Morgan fingerprint density at radius 3 is 2.79 bits per heavy atom. The minimum absolute atomic E-state index is 0.0423. The summed E-state index contributed by atoms with van der Waals surface area (Å²) in [7, 11) is 0. The molecule has 0 N–H and O–H groups in total. The molecule has 0 amide bonds. The zero-order valence-electron chi connectivity index (χ0n) is 15.8. The van der Waals surface area contributed by atoms with Gasteiger partial charge in [0.05, 0.1) is 12.0 Å². The minimum Gasteiger partial charge on any atom is -0.338 e. The van der Waals surface area contributed by atoms with Crippen LogP contribution in [0.5, 0.6) is 0 Å². The van der Waals surface area contributed by atoms with Gasteiger partial charge in [-0.15, -0.1) is 0 Å². The fraction of sp³-hybridized carbons (Fsp3) is 0.524. The second-order valence-corrected chi connectivity index (χ2v) is 8.52. The largest absolute Gasteiger partial charge is 0.338 e. The summed E-state index contributed by atoms with van der Waals surface area (Å²) in [5.41, 5.74) is 0.955. The quantitative estimate of drug-likeness (QED) is 0.672. The Kier molecular flexibility index (Phi) is 3.66. The number of benzene rings is 1. The number of hydrogen-bond acceptors (Lipinski definition) is 7. The summed E-state index contributed by atoms with van der Waals surface area (Å²) >= 11 is 0. The zero-order chi connectivity index (χ0) is 18.6. The molecular formula is C21H23N5O2. The maximum Gasteiger partial charge on any atom is 0.240 e. The van der Waals surface area contributed by atoms with Gasteiger partial charge in [0.25, 0.3) is 0 Å². The van der Waals surface area contributed by atoms with Gasteiger partial charge in [-0.05, 0) is 31.6 Å². The lowest BCUT2D eigenvalue weighted by atomic mass is 9.80. The standard InChI is InChI=1S/C21H23N5O2/c1-2-5-14(6-3-1)19-23-20(28-25-19)21-10-4-7-16(21)11-26(13-21)12-17-22-18(24-27-17)15-8-9-15/h1-3,5-6,15-16H,4,7-13H2/t16-,21-/m1/s1. The third-order valence-electron chi connectivity index (χ3n) is 6.61. The Morgan fingerprint density at radius 2 is 1.93 bits per heavy atom. The van der Waals surface area contributed by atoms with Crippen LogP contribution in [-0.4, -0.2) is 38.3 Å². The van der Waals surface area contributed by atoms with Gasteiger partial charge in [0, 0.05) is 24.6 Å². The maximum atomic E-state index is 5.81. The molecule has 2 aliphatic carbocycles. The highest BCUT2D eigenvalue weighted by Gasteiger charge is 2.54. The highest BCUT2D eigenvalue weighted by molar-refractivity contribution is 5.53.